The highest BCUT2D eigenvalue weighted by Gasteiger charge is 2.15. The Balaban J connectivity index is 1.86. The molecule has 0 fully saturated rings. The zero-order chi connectivity index (χ0) is 24.7. The lowest BCUT2D eigenvalue weighted by atomic mass is 10.1. The predicted octanol–water partition coefficient (Wildman–Crippen LogP) is 7.59. The lowest BCUT2D eigenvalue weighted by Crippen LogP contribution is -2.14. The van der Waals surface area contributed by atoms with E-state index in [0.717, 1.165) is 11.1 Å². The van der Waals surface area contributed by atoms with Crippen LogP contribution in [-0.4, -0.2) is 12.5 Å². The number of aryl methyl sites for hydroxylation is 1. The van der Waals surface area contributed by atoms with Gasteiger partial charge in [0.25, 0.3) is 5.91 Å². The van der Waals surface area contributed by atoms with E-state index in [4.69, 9.17) is 32.7 Å². The van der Waals surface area contributed by atoms with Gasteiger partial charge in [0.2, 0.25) is 0 Å². The van der Waals surface area contributed by atoms with Crippen molar-refractivity contribution < 1.29 is 14.3 Å². The van der Waals surface area contributed by atoms with Crippen LogP contribution in [0, 0.1) is 18.3 Å². The highest BCUT2D eigenvalue weighted by atomic mass is 79.9. The van der Waals surface area contributed by atoms with Crippen molar-refractivity contribution in [2.75, 3.05) is 11.9 Å². The Kier molecular flexibility index (Phi) is 9.00. The largest absolute Gasteiger partial charge is 0.490 e. The minimum Gasteiger partial charge on any atom is -0.490 e. The molecule has 0 spiro atoms. The molecule has 3 aromatic carbocycles. The fourth-order valence-electron chi connectivity index (χ4n) is 3.08. The second-order valence-electron chi connectivity index (χ2n) is 7.24. The summed E-state index contributed by atoms with van der Waals surface area (Å²) >= 11 is 15.6. The summed E-state index contributed by atoms with van der Waals surface area (Å²) in [6.45, 7) is 4.39. The Morgan fingerprint density at radius 3 is 2.56 bits per heavy atom. The fourth-order valence-corrected chi connectivity index (χ4v) is 3.97. The maximum atomic E-state index is 12.7. The summed E-state index contributed by atoms with van der Waals surface area (Å²) in [4.78, 5) is 12.7. The average Bonchev–Trinajstić information content (AvgIpc) is 2.80. The Morgan fingerprint density at radius 1 is 1.12 bits per heavy atom. The quantitative estimate of drug-likeness (QED) is 0.228. The van der Waals surface area contributed by atoms with Crippen LogP contribution in [0.3, 0.4) is 0 Å². The molecule has 0 atom stereocenters. The molecule has 3 rings (SSSR count). The van der Waals surface area contributed by atoms with Crippen molar-refractivity contribution in [2.24, 2.45) is 0 Å². The fraction of sp³-hybridized carbons (Fsp3) is 0.154. The van der Waals surface area contributed by atoms with Crippen molar-refractivity contribution in [3.63, 3.8) is 0 Å². The van der Waals surface area contributed by atoms with Gasteiger partial charge in [-0.15, -0.1) is 0 Å². The first-order valence-corrected chi connectivity index (χ1v) is 11.9. The number of rotatable bonds is 8. The Morgan fingerprint density at radius 2 is 1.88 bits per heavy atom. The number of ether oxygens (including phenoxy) is 2. The highest BCUT2D eigenvalue weighted by Crippen LogP contribution is 2.38. The van der Waals surface area contributed by atoms with Gasteiger partial charge in [0.15, 0.2) is 11.5 Å². The predicted molar refractivity (Wildman–Crippen MR) is 140 cm³/mol. The first kappa shape index (κ1) is 25.6. The molecule has 0 unspecified atom stereocenters. The molecule has 0 radical (unpaired) electrons. The molecule has 0 aromatic heterocycles. The zero-order valence-electron chi connectivity index (χ0n) is 18.5. The van der Waals surface area contributed by atoms with Gasteiger partial charge in [-0.1, -0.05) is 47.5 Å². The third-order valence-corrected chi connectivity index (χ3v) is 6.10. The number of hydrogen-bond acceptors (Lipinski definition) is 4. The summed E-state index contributed by atoms with van der Waals surface area (Å²) in [5.74, 6) is 0.471. The van der Waals surface area contributed by atoms with E-state index in [1.54, 1.807) is 30.3 Å². The van der Waals surface area contributed by atoms with Crippen LogP contribution in [0.1, 0.15) is 23.6 Å². The van der Waals surface area contributed by atoms with Gasteiger partial charge in [0, 0.05) is 5.69 Å². The van der Waals surface area contributed by atoms with Crippen molar-refractivity contribution in [1.82, 2.24) is 0 Å². The van der Waals surface area contributed by atoms with E-state index in [1.807, 2.05) is 44.2 Å². The molecule has 0 aliphatic heterocycles. The number of carbonyl (C=O) groups is 1. The van der Waals surface area contributed by atoms with E-state index >= 15 is 0 Å². The molecule has 0 heterocycles. The number of nitrogens with one attached hydrogen (secondary N) is 1. The molecular formula is C26H21BrCl2N2O3. The first-order chi connectivity index (χ1) is 16.3. The van der Waals surface area contributed by atoms with Gasteiger partial charge in [0.05, 0.1) is 21.1 Å². The maximum Gasteiger partial charge on any atom is 0.266 e. The van der Waals surface area contributed by atoms with Crippen molar-refractivity contribution in [3.05, 3.63) is 91.4 Å². The van der Waals surface area contributed by atoms with Crippen molar-refractivity contribution >= 4 is 56.8 Å². The van der Waals surface area contributed by atoms with Gasteiger partial charge in [0.1, 0.15) is 18.2 Å². The number of para-hydroxylation sites is 1. The minimum atomic E-state index is -0.495. The normalized spacial score (nSPS) is 11.0. The molecule has 0 saturated carbocycles. The molecule has 174 valence electrons. The second-order valence-corrected chi connectivity index (χ2v) is 8.91. The van der Waals surface area contributed by atoms with Crippen LogP contribution < -0.4 is 14.8 Å². The van der Waals surface area contributed by atoms with Crippen LogP contribution in [0.2, 0.25) is 10.0 Å². The molecule has 0 saturated heterocycles. The molecule has 0 bridgehead atoms. The summed E-state index contributed by atoms with van der Waals surface area (Å²) in [6, 6.07) is 18.1. The van der Waals surface area contributed by atoms with Crippen LogP contribution in [-0.2, 0) is 11.4 Å². The zero-order valence-corrected chi connectivity index (χ0v) is 21.6. The Hall–Kier alpha value is -2.98. The van der Waals surface area contributed by atoms with E-state index < -0.39 is 5.91 Å². The van der Waals surface area contributed by atoms with Crippen LogP contribution in [0.15, 0.2) is 64.6 Å². The highest BCUT2D eigenvalue weighted by molar-refractivity contribution is 9.10. The molecule has 0 aliphatic carbocycles. The maximum absolute atomic E-state index is 12.7. The third kappa shape index (κ3) is 6.54. The number of nitrogens with zero attached hydrogens (tertiary/aromatic N) is 1. The molecule has 8 heteroatoms. The topological polar surface area (TPSA) is 71.3 Å². The van der Waals surface area contributed by atoms with Crippen molar-refractivity contribution in [3.8, 4) is 17.6 Å². The Labute approximate surface area is 217 Å². The summed E-state index contributed by atoms with van der Waals surface area (Å²) < 4.78 is 12.4. The Bertz CT molecular complexity index is 1290. The van der Waals surface area contributed by atoms with Gasteiger partial charge in [-0.3, -0.25) is 4.79 Å². The van der Waals surface area contributed by atoms with Crippen LogP contribution >= 0.6 is 39.1 Å². The standard InChI is InChI=1S/C26H21BrCl2N2O3/c1-3-33-24-13-18(10-19(14-30)26(32)31-23-7-5-4-6-16(23)2)11-20(27)25(24)34-15-17-8-9-21(28)22(29)12-17/h4-13H,3,15H2,1-2H3,(H,31,32)/b19-10+. The molecule has 3 aromatic rings. The van der Waals surface area contributed by atoms with E-state index in [0.29, 0.717) is 43.9 Å². The van der Waals surface area contributed by atoms with Crippen molar-refractivity contribution in [2.45, 2.75) is 20.5 Å². The molecule has 0 aliphatic rings. The van der Waals surface area contributed by atoms with Gasteiger partial charge in [-0.05, 0) is 82.9 Å². The number of benzene rings is 3. The van der Waals surface area contributed by atoms with Crippen LogP contribution in [0.4, 0.5) is 5.69 Å². The lowest BCUT2D eigenvalue weighted by molar-refractivity contribution is -0.112. The lowest BCUT2D eigenvalue weighted by Gasteiger charge is -2.15. The van der Waals surface area contributed by atoms with Gasteiger partial charge < -0.3 is 14.8 Å². The summed E-state index contributed by atoms with van der Waals surface area (Å²) in [5.41, 5.74) is 2.96. The number of hydrogen-bond donors (Lipinski definition) is 1. The average molecular weight is 560 g/mol. The molecule has 34 heavy (non-hydrogen) atoms. The van der Waals surface area contributed by atoms with E-state index in [-0.39, 0.29) is 12.2 Å². The first-order valence-electron chi connectivity index (χ1n) is 10.3. The van der Waals surface area contributed by atoms with E-state index in [2.05, 4.69) is 21.2 Å². The number of nitriles is 1. The SMILES string of the molecule is CCOc1cc(/C=C(\C#N)C(=O)Nc2ccccc2C)cc(Br)c1OCc1ccc(Cl)c(Cl)c1. The minimum absolute atomic E-state index is 0.0397. The molecule has 5 nitrogen and oxygen atoms in total. The van der Waals surface area contributed by atoms with Crippen molar-refractivity contribution in [1.29, 1.82) is 5.26 Å². The number of amides is 1. The van der Waals surface area contributed by atoms with Gasteiger partial charge >= 0.3 is 0 Å². The summed E-state index contributed by atoms with van der Waals surface area (Å²) in [7, 11) is 0. The third-order valence-electron chi connectivity index (χ3n) is 4.77. The molecule has 1 N–H and O–H groups in total. The summed E-state index contributed by atoms with van der Waals surface area (Å²) in [6.07, 6.45) is 1.50. The monoisotopic (exact) mass is 558 g/mol. The number of halogens is 3. The van der Waals surface area contributed by atoms with E-state index in [9.17, 15) is 10.1 Å². The van der Waals surface area contributed by atoms with Crippen LogP contribution in [0.25, 0.3) is 6.08 Å². The van der Waals surface area contributed by atoms with Crippen LogP contribution in [0.5, 0.6) is 11.5 Å². The second kappa shape index (κ2) is 11.9. The van der Waals surface area contributed by atoms with Gasteiger partial charge in [-0.2, -0.15) is 5.26 Å². The molecular weight excluding hydrogens is 539 g/mol. The van der Waals surface area contributed by atoms with E-state index in [1.165, 1.54) is 6.08 Å². The summed E-state index contributed by atoms with van der Waals surface area (Å²) in [5, 5.41) is 13.3. The van der Waals surface area contributed by atoms with Gasteiger partial charge in [-0.25, -0.2) is 0 Å². The molecule has 1 amide bonds. The number of anilines is 1. The number of carbonyl (C=O) groups excluding carboxylic acids is 1. The smallest absolute Gasteiger partial charge is 0.266 e.